The van der Waals surface area contributed by atoms with Crippen LogP contribution in [0.2, 0.25) is 0 Å². The highest BCUT2D eigenvalue weighted by molar-refractivity contribution is 6.29. The summed E-state index contributed by atoms with van der Waals surface area (Å²) in [5.41, 5.74) is -4.81. The zero-order valence-corrected chi connectivity index (χ0v) is 16.4. The summed E-state index contributed by atoms with van der Waals surface area (Å²) in [7, 11) is 0. The number of rotatable bonds is 2. The summed E-state index contributed by atoms with van der Waals surface area (Å²) in [6, 6.07) is 0. The summed E-state index contributed by atoms with van der Waals surface area (Å²) in [5, 5.41) is 22.3. The summed E-state index contributed by atoms with van der Waals surface area (Å²) in [6.45, 7) is 3.55. The summed E-state index contributed by atoms with van der Waals surface area (Å²) >= 11 is 5.75. The molecule has 0 heterocycles. The number of hydrogen-bond donors (Lipinski definition) is 2. The molecule has 0 bridgehead atoms. The molecule has 4 rings (SSSR count). The highest BCUT2D eigenvalue weighted by Gasteiger charge is 2.73. The Morgan fingerprint density at radius 2 is 2.04 bits per heavy atom. The molecule has 0 aromatic rings. The van der Waals surface area contributed by atoms with Crippen LogP contribution < -0.4 is 0 Å². The van der Waals surface area contributed by atoms with Gasteiger partial charge in [0.15, 0.2) is 17.2 Å². The van der Waals surface area contributed by atoms with Crippen molar-refractivity contribution in [2.75, 3.05) is 5.88 Å². The topological polar surface area (TPSA) is 74.6 Å². The highest BCUT2D eigenvalue weighted by Crippen LogP contribution is 2.69. The van der Waals surface area contributed by atoms with Crippen LogP contribution in [-0.2, 0) is 9.59 Å². The Morgan fingerprint density at radius 3 is 2.70 bits per heavy atom. The normalized spacial score (nSPS) is 51.3. The van der Waals surface area contributed by atoms with Gasteiger partial charge in [-0.3, -0.25) is 9.59 Å². The van der Waals surface area contributed by atoms with E-state index in [2.05, 4.69) is 0 Å². The maximum absolute atomic E-state index is 16.8. The monoisotopic (exact) mass is 396 g/mol. The molecule has 3 fully saturated rings. The summed E-state index contributed by atoms with van der Waals surface area (Å²) in [6.07, 6.45) is 4.97. The SMILES string of the molecule is C[C@]12C=CC(=O)C=C1CC[C@H]1[C@@H]3CC[C@](O)(C(=O)CCl)[C@@]3(C)C[C@H](O)[C@@]12F. The molecule has 4 aliphatic rings. The number of ketones is 2. The second kappa shape index (κ2) is 5.74. The molecule has 0 amide bonds. The largest absolute Gasteiger partial charge is 0.390 e. The van der Waals surface area contributed by atoms with Crippen molar-refractivity contribution in [1.82, 2.24) is 0 Å². The first-order chi connectivity index (χ1) is 12.5. The lowest BCUT2D eigenvalue weighted by Crippen LogP contribution is -2.69. The van der Waals surface area contributed by atoms with E-state index in [9.17, 15) is 19.8 Å². The number of hydrogen-bond acceptors (Lipinski definition) is 4. The third-order valence-electron chi connectivity index (χ3n) is 8.38. The highest BCUT2D eigenvalue weighted by atomic mass is 35.5. The molecule has 0 saturated heterocycles. The Balaban J connectivity index is 1.81. The van der Waals surface area contributed by atoms with Gasteiger partial charge in [0.2, 0.25) is 0 Å². The number of allylic oxidation sites excluding steroid dienone is 4. The first-order valence-corrected chi connectivity index (χ1v) is 10.2. The van der Waals surface area contributed by atoms with Crippen molar-refractivity contribution < 1.29 is 24.2 Å². The van der Waals surface area contributed by atoms with Crippen molar-refractivity contribution in [3.05, 3.63) is 23.8 Å². The molecule has 4 nitrogen and oxygen atoms in total. The quantitative estimate of drug-likeness (QED) is 0.704. The second-order valence-electron chi connectivity index (χ2n) is 9.22. The van der Waals surface area contributed by atoms with E-state index < -0.39 is 39.9 Å². The molecular formula is C21H26ClFO4. The third kappa shape index (κ3) is 2.11. The Labute approximate surface area is 163 Å². The predicted octanol–water partition coefficient (Wildman–Crippen LogP) is 2.90. The minimum absolute atomic E-state index is 0.00550. The van der Waals surface area contributed by atoms with Crippen LogP contribution in [0.15, 0.2) is 23.8 Å². The van der Waals surface area contributed by atoms with E-state index in [1.54, 1.807) is 19.9 Å². The lowest BCUT2D eigenvalue weighted by Gasteiger charge is -2.62. The number of carbonyl (C=O) groups is 2. The zero-order valence-electron chi connectivity index (χ0n) is 15.7. The zero-order chi connectivity index (χ0) is 19.8. The first-order valence-electron chi connectivity index (χ1n) is 9.67. The predicted molar refractivity (Wildman–Crippen MR) is 99.0 cm³/mol. The van der Waals surface area contributed by atoms with Crippen molar-refractivity contribution in [2.45, 2.75) is 63.3 Å². The van der Waals surface area contributed by atoms with Crippen molar-refractivity contribution in [3.63, 3.8) is 0 Å². The average Bonchev–Trinajstić information content (AvgIpc) is 2.88. The molecule has 148 valence electrons. The van der Waals surface area contributed by atoms with E-state index in [-0.39, 0.29) is 30.4 Å². The summed E-state index contributed by atoms with van der Waals surface area (Å²) in [5.74, 6) is -1.62. The fourth-order valence-corrected chi connectivity index (χ4v) is 7.00. The Morgan fingerprint density at radius 1 is 1.33 bits per heavy atom. The average molecular weight is 397 g/mol. The van der Waals surface area contributed by atoms with Crippen LogP contribution in [0.5, 0.6) is 0 Å². The van der Waals surface area contributed by atoms with Crippen LogP contribution in [0.25, 0.3) is 0 Å². The van der Waals surface area contributed by atoms with Gasteiger partial charge in [-0.15, -0.1) is 11.6 Å². The van der Waals surface area contributed by atoms with Crippen LogP contribution in [0.4, 0.5) is 4.39 Å². The minimum atomic E-state index is -1.94. The molecule has 27 heavy (non-hydrogen) atoms. The second-order valence-corrected chi connectivity index (χ2v) is 9.49. The number of carbonyl (C=O) groups excluding carboxylic acids is 2. The molecule has 3 saturated carbocycles. The van der Waals surface area contributed by atoms with Crippen LogP contribution in [0, 0.1) is 22.7 Å². The van der Waals surface area contributed by atoms with Crippen LogP contribution in [0.3, 0.4) is 0 Å². The number of fused-ring (bicyclic) bond motifs is 5. The number of aliphatic hydroxyl groups is 2. The molecule has 0 radical (unpaired) electrons. The molecule has 0 aromatic carbocycles. The van der Waals surface area contributed by atoms with Gasteiger partial charge in [-0.25, -0.2) is 4.39 Å². The Kier molecular flexibility index (Phi) is 4.10. The molecular weight excluding hydrogens is 371 g/mol. The number of alkyl halides is 2. The third-order valence-corrected chi connectivity index (χ3v) is 8.62. The first kappa shape index (κ1) is 19.3. The van der Waals surface area contributed by atoms with Gasteiger partial charge < -0.3 is 10.2 Å². The van der Waals surface area contributed by atoms with Gasteiger partial charge in [-0.1, -0.05) is 18.6 Å². The Bertz CT molecular complexity index is 778. The van der Waals surface area contributed by atoms with Crippen molar-refractivity contribution >= 4 is 23.2 Å². The van der Waals surface area contributed by atoms with Crippen LogP contribution in [0.1, 0.15) is 46.0 Å². The van der Waals surface area contributed by atoms with E-state index in [4.69, 9.17) is 11.6 Å². The molecule has 0 aliphatic heterocycles. The maximum Gasteiger partial charge on any atom is 0.179 e. The fourth-order valence-electron chi connectivity index (χ4n) is 6.78. The van der Waals surface area contributed by atoms with Crippen molar-refractivity contribution in [3.8, 4) is 0 Å². The summed E-state index contributed by atoms with van der Waals surface area (Å²) < 4.78 is 16.8. The van der Waals surface area contributed by atoms with Gasteiger partial charge in [0.1, 0.15) is 5.60 Å². The lowest BCUT2D eigenvalue weighted by molar-refractivity contribution is -0.216. The van der Waals surface area contributed by atoms with Gasteiger partial charge in [0.25, 0.3) is 0 Å². The molecule has 6 heteroatoms. The van der Waals surface area contributed by atoms with Gasteiger partial charge in [0.05, 0.1) is 12.0 Å². The van der Waals surface area contributed by atoms with E-state index in [0.29, 0.717) is 19.3 Å². The number of aliphatic hydroxyl groups excluding tert-OH is 1. The Hall–Kier alpha value is -1.04. The smallest absolute Gasteiger partial charge is 0.179 e. The van der Waals surface area contributed by atoms with E-state index in [1.807, 2.05) is 0 Å². The van der Waals surface area contributed by atoms with E-state index in [0.717, 1.165) is 5.57 Å². The number of halogens is 2. The van der Waals surface area contributed by atoms with E-state index in [1.165, 1.54) is 12.2 Å². The van der Waals surface area contributed by atoms with Gasteiger partial charge in [-0.2, -0.15) is 0 Å². The molecule has 2 N–H and O–H groups in total. The minimum Gasteiger partial charge on any atom is -0.390 e. The van der Waals surface area contributed by atoms with Gasteiger partial charge in [-0.05, 0) is 57.1 Å². The molecule has 0 aromatic heterocycles. The fraction of sp³-hybridized carbons (Fsp3) is 0.714. The van der Waals surface area contributed by atoms with Crippen molar-refractivity contribution in [2.24, 2.45) is 22.7 Å². The molecule has 0 spiro atoms. The molecule has 7 atom stereocenters. The maximum atomic E-state index is 16.8. The molecule has 0 unspecified atom stereocenters. The van der Waals surface area contributed by atoms with Crippen molar-refractivity contribution in [1.29, 1.82) is 0 Å². The lowest BCUT2D eigenvalue weighted by atomic mass is 9.44. The molecule has 4 aliphatic carbocycles. The van der Waals surface area contributed by atoms with Gasteiger partial charge in [0, 0.05) is 16.7 Å². The van der Waals surface area contributed by atoms with Crippen LogP contribution >= 0.6 is 11.6 Å². The number of Topliss-reactive ketones (excluding diaryl/α,β-unsaturated/α-hetero) is 1. The summed E-state index contributed by atoms with van der Waals surface area (Å²) in [4.78, 5) is 24.3. The standard InChI is InChI=1S/C21H26ClFO4/c1-18-7-5-13(24)9-12(18)3-4-15-14-6-8-20(27,17(26)11-22)19(14,2)10-16(25)21(15,18)23/h5,7,9,14-16,25,27H,3-4,6,8,10-11H2,1-2H3/t14-,15-,16-,18-,19-,20-,21-/m0/s1. The van der Waals surface area contributed by atoms with E-state index >= 15 is 4.39 Å². The van der Waals surface area contributed by atoms with Gasteiger partial charge >= 0.3 is 0 Å². The van der Waals surface area contributed by atoms with Crippen LogP contribution in [-0.4, -0.2) is 45.0 Å².